The van der Waals surface area contributed by atoms with Crippen LogP contribution in [0.4, 0.5) is 5.69 Å². The molecule has 29 heavy (non-hydrogen) atoms. The van der Waals surface area contributed by atoms with Crippen LogP contribution >= 0.6 is 0 Å². The molecule has 1 aromatic heterocycles. The van der Waals surface area contributed by atoms with Gasteiger partial charge >= 0.3 is 0 Å². The summed E-state index contributed by atoms with van der Waals surface area (Å²) in [4.78, 5) is 27.7. The quantitative estimate of drug-likeness (QED) is 0.525. The lowest BCUT2D eigenvalue weighted by atomic mass is 10.1. The van der Waals surface area contributed by atoms with Crippen LogP contribution in [0.15, 0.2) is 89.9 Å². The molecule has 5 heteroatoms. The molecule has 0 N–H and O–H groups in total. The number of aryl methyl sites for hydroxylation is 1. The average molecular weight is 383 g/mol. The van der Waals surface area contributed by atoms with E-state index in [0.717, 1.165) is 22.2 Å². The zero-order valence-corrected chi connectivity index (χ0v) is 16.2. The van der Waals surface area contributed by atoms with Crippen molar-refractivity contribution in [2.24, 2.45) is 0 Å². The number of carbonyl (C=O) groups is 1. The molecule has 4 aromatic rings. The van der Waals surface area contributed by atoms with Gasteiger partial charge in [-0.1, -0.05) is 66.2 Å². The van der Waals surface area contributed by atoms with Crippen LogP contribution in [0.1, 0.15) is 11.1 Å². The third-order valence-electron chi connectivity index (χ3n) is 4.88. The minimum absolute atomic E-state index is 0.121. The van der Waals surface area contributed by atoms with E-state index in [1.54, 1.807) is 17.2 Å². The van der Waals surface area contributed by atoms with Crippen LogP contribution in [0.5, 0.6) is 0 Å². The maximum atomic E-state index is 13.2. The van der Waals surface area contributed by atoms with E-state index in [1.165, 1.54) is 4.68 Å². The fourth-order valence-electron chi connectivity index (χ4n) is 3.27. The lowest BCUT2D eigenvalue weighted by Gasteiger charge is -2.23. The summed E-state index contributed by atoms with van der Waals surface area (Å²) in [6.07, 6.45) is 1.62. The molecule has 0 unspecified atom stereocenters. The lowest BCUT2D eigenvalue weighted by Crippen LogP contribution is -2.37. The van der Waals surface area contributed by atoms with Crippen LogP contribution in [0, 0.1) is 6.92 Å². The van der Waals surface area contributed by atoms with Crippen LogP contribution in [0.3, 0.4) is 0 Å². The van der Waals surface area contributed by atoms with Crippen molar-refractivity contribution in [3.05, 3.63) is 107 Å². The van der Waals surface area contributed by atoms with Crippen LogP contribution in [-0.2, 0) is 17.9 Å². The lowest BCUT2D eigenvalue weighted by molar-refractivity contribution is -0.119. The van der Waals surface area contributed by atoms with Gasteiger partial charge < -0.3 is 4.90 Å². The number of nitrogens with zero attached hydrogens (tertiary/aromatic N) is 3. The second-order valence-electron chi connectivity index (χ2n) is 7.00. The van der Waals surface area contributed by atoms with Crippen molar-refractivity contribution in [2.45, 2.75) is 20.0 Å². The Morgan fingerprint density at radius 2 is 1.62 bits per heavy atom. The van der Waals surface area contributed by atoms with E-state index in [0.29, 0.717) is 11.9 Å². The Labute approximate surface area is 168 Å². The molecule has 0 aliphatic carbocycles. The minimum atomic E-state index is -0.264. The van der Waals surface area contributed by atoms with E-state index in [-0.39, 0.29) is 18.0 Å². The summed E-state index contributed by atoms with van der Waals surface area (Å²) in [6, 6.07) is 24.9. The van der Waals surface area contributed by atoms with Crippen molar-refractivity contribution < 1.29 is 4.79 Å². The Balaban J connectivity index is 1.67. The topological polar surface area (TPSA) is 55.2 Å². The van der Waals surface area contributed by atoms with E-state index >= 15 is 0 Å². The zero-order chi connectivity index (χ0) is 20.2. The summed E-state index contributed by atoms with van der Waals surface area (Å²) in [5, 5.41) is 5.52. The Bertz CT molecular complexity index is 1200. The maximum Gasteiger partial charge on any atom is 0.275 e. The molecule has 0 radical (unpaired) electrons. The van der Waals surface area contributed by atoms with Crippen LogP contribution < -0.4 is 10.5 Å². The molecular formula is C24H21N3O2. The monoisotopic (exact) mass is 383 g/mol. The highest BCUT2D eigenvalue weighted by Gasteiger charge is 2.18. The summed E-state index contributed by atoms with van der Waals surface area (Å²) >= 11 is 0. The number of anilines is 1. The molecule has 0 saturated carbocycles. The van der Waals surface area contributed by atoms with Gasteiger partial charge in [0.2, 0.25) is 5.91 Å². The number of aromatic nitrogens is 2. The molecule has 3 aromatic carbocycles. The second-order valence-corrected chi connectivity index (χ2v) is 7.00. The highest BCUT2D eigenvalue weighted by molar-refractivity contribution is 5.93. The number of hydrogen-bond acceptors (Lipinski definition) is 3. The predicted octanol–water partition coefficient (Wildman–Crippen LogP) is 3.94. The van der Waals surface area contributed by atoms with Crippen molar-refractivity contribution in [3.63, 3.8) is 0 Å². The molecule has 5 nitrogen and oxygen atoms in total. The molecule has 0 fully saturated rings. The van der Waals surface area contributed by atoms with E-state index in [4.69, 9.17) is 0 Å². The van der Waals surface area contributed by atoms with Gasteiger partial charge in [-0.3, -0.25) is 9.59 Å². The Morgan fingerprint density at radius 1 is 0.931 bits per heavy atom. The van der Waals surface area contributed by atoms with Gasteiger partial charge in [-0.15, -0.1) is 0 Å². The van der Waals surface area contributed by atoms with E-state index in [1.807, 2.05) is 79.7 Å². The number of carbonyl (C=O) groups excluding carboxylic acids is 1. The number of rotatable bonds is 5. The smallest absolute Gasteiger partial charge is 0.275 e. The predicted molar refractivity (Wildman–Crippen MR) is 115 cm³/mol. The Kier molecular flexibility index (Phi) is 5.20. The van der Waals surface area contributed by atoms with E-state index in [2.05, 4.69) is 5.10 Å². The van der Waals surface area contributed by atoms with Crippen LogP contribution in [-0.4, -0.2) is 15.7 Å². The highest BCUT2D eigenvalue weighted by Crippen LogP contribution is 2.19. The summed E-state index contributed by atoms with van der Waals surface area (Å²) < 4.78 is 1.23. The zero-order valence-electron chi connectivity index (χ0n) is 16.2. The summed E-state index contributed by atoms with van der Waals surface area (Å²) in [7, 11) is 0. The molecule has 0 aliphatic rings. The molecule has 0 aliphatic heterocycles. The maximum absolute atomic E-state index is 13.2. The molecule has 0 spiro atoms. The van der Waals surface area contributed by atoms with Gasteiger partial charge in [0.1, 0.15) is 6.54 Å². The highest BCUT2D eigenvalue weighted by atomic mass is 16.2. The van der Waals surface area contributed by atoms with Crippen molar-refractivity contribution in [1.82, 2.24) is 9.78 Å². The van der Waals surface area contributed by atoms with Gasteiger partial charge in [0.05, 0.1) is 18.1 Å². The Hall–Kier alpha value is -3.73. The van der Waals surface area contributed by atoms with Gasteiger partial charge in [0.25, 0.3) is 5.56 Å². The minimum Gasteiger partial charge on any atom is -0.306 e. The van der Waals surface area contributed by atoms with Crippen LogP contribution in [0.2, 0.25) is 0 Å². The van der Waals surface area contributed by atoms with Crippen molar-refractivity contribution in [2.75, 3.05) is 4.90 Å². The summed E-state index contributed by atoms with van der Waals surface area (Å²) in [5.74, 6) is -0.192. The number of fused-ring (bicyclic) bond motifs is 1. The first kappa shape index (κ1) is 18.6. The van der Waals surface area contributed by atoms with Crippen molar-refractivity contribution in [3.8, 4) is 0 Å². The second kappa shape index (κ2) is 8.10. The SMILES string of the molecule is Cc1ccc(N(Cc2ccccc2)C(=O)Cn2ncc3ccccc3c2=O)cc1. The summed E-state index contributed by atoms with van der Waals surface area (Å²) in [6.45, 7) is 2.31. The molecule has 144 valence electrons. The number of amides is 1. The summed E-state index contributed by atoms with van der Waals surface area (Å²) in [5.41, 5.74) is 2.66. The van der Waals surface area contributed by atoms with E-state index < -0.39 is 0 Å². The largest absolute Gasteiger partial charge is 0.306 e. The van der Waals surface area contributed by atoms with Crippen molar-refractivity contribution in [1.29, 1.82) is 0 Å². The molecule has 0 atom stereocenters. The fourth-order valence-corrected chi connectivity index (χ4v) is 3.27. The molecular weight excluding hydrogens is 362 g/mol. The molecule has 0 saturated heterocycles. The molecule has 1 heterocycles. The first-order valence-electron chi connectivity index (χ1n) is 9.47. The third-order valence-corrected chi connectivity index (χ3v) is 4.88. The van der Waals surface area contributed by atoms with Gasteiger partial charge in [-0.2, -0.15) is 5.10 Å². The van der Waals surface area contributed by atoms with Gasteiger partial charge in [0.15, 0.2) is 0 Å². The molecule has 4 rings (SSSR count). The van der Waals surface area contributed by atoms with E-state index in [9.17, 15) is 9.59 Å². The van der Waals surface area contributed by atoms with Gasteiger partial charge in [-0.25, -0.2) is 4.68 Å². The number of hydrogen-bond donors (Lipinski definition) is 0. The first-order chi connectivity index (χ1) is 14.1. The number of benzene rings is 3. The molecule has 0 bridgehead atoms. The van der Waals surface area contributed by atoms with Crippen molar-refractivity contribution >= 4 is 22.4 Å². The van der Waals surface area contributed by atoms with Crippen LogP contribution in [0.25, 0.3) is 10.8 Å². The Morgan fingerprint density at radius 3 is 2.38 bits per heavy atom. The average Bonchev–Trinajstić information content (AvgIpc) is 2.75. The van der Waals surface area contributed by atoms with Gasteiger partial charge in [-0.05, 0) is 30.7 Å². The van der Waals surface area contributed by atoms with Gasteiger partial charge in [0, 0.05) is 11.1 Å². The first-order valence-corrected chi connectivity index (χ1v) is 9.47. The third kappa shape index (κ3) is 4.09. The normalized spacial score (nSPS) is 10.8. The molecule has 1 amide bonds. The standard InChI is InChI=1S/C24H21N3O2/c1-18-11-13-21(14-12-18)26(16-19-7-3-2-4-8-19)23(28)17-27-24(29)22-10-6-5-9-20(22)15-25-27/h2-15H,16-17H2,1H3. The fraction of sp³-hybridized carbons (Fsp3) is 0.125.